The molecule has 2 unspecified atom stereocenters. The second-order valence-corrected chi connectivity index (χ2v) is 9.21. The maximum absolute atomic E-state index is 13.3. The van der Waals surface area contributed by atoms with Gasteiger partial charge in [-0.15, -0.1) is 0 Å². The molecule has 0 radical (unpaired) electrons. The zero-order valence-electron chi connectivity index (χ0n) is 17.8. The Morgan fingerprint density at radius 2 is 1.80 bits per heavy atom. The third-order valence-corrected chi connectivity index (χ3v) is 5.78. The van der Waals surface area contributed by atoms with Gasteiger partial charge in [-0.05, 0) is 35.4 Å². The van der Waals surface area contributed by atoms with Crippen molar-refractivity contribution in [1.29, 1.82) is 0 Å². The second-order valence-electron chi connectivity index (χ2n) is 9.21. The van der Waals surface area contributed by atoms with Crippen LogP contribution in [0.5, 0.6) is 0 Å². The van der Waals surface area contributed by atoms with Crippen molar-refractivity contribution in [3.05, 3.63) is 29.8 Å². The second kappa shape index (κ2) is 8.08. The highest BCUT2D eigenvalue weighted by molar-refractivity contribution is 6.19. The Morgan fingerprint density at radius 1 is 1.17 bits per heavy atom. The van der Waals surface area contributed by atoms with Crippen LogP contribution < -0.4 is 10.2 Å². The predicted molar refractivity (Wildman–Crippen MR) is 111 cm³/mol. The summed E-state index contributed by atoms with van der Waals surface area (Å²) in [5.74, 6) is -1.34. The minimum atomic E-state index is -0.968. The molecule has 3 rings (SSSR count). The SMILES string of the molecule is CC(C)c1ccc(N2C(=O)NC3CCN(C(=O)CC(C)(C)CC(=O)O)C3C2=O)cc1. The number of carboxylic acids is 1. The van der Waals surface area contributed by atoms with Crippen LogP contribution in [0.2, 0.25) is 0 Å². The number of carbonyl (C=O) groups excluding carboxylic acids is 3. The minimum absolute atomic E-state index is 0.0207. The number of imide groups is 1. The van der Waals surface area contributed by atoms with Crippen molar-refractivity contribution >= 4 is 29.5 Å². The standard InChI is InChI=1S/C22H29N3O5/c1-13(2)14-5-7-15(8-6-14)25-20(29)19-16(23-21(25)30)9-10-24(19)17(26)11-22(3,4)12-18(27)28/h5-8,13,16,19H,9-12H2,1-4H3,(H,23,30)(H,27,28). The van der Waals surface area contributed by atoms with Gasteiger partial charge in [-0.1, -0.05) is 39.8 Å². The molecule has 162 valence electrons. The lowest BCUT2D eigenvalue weighted by Gasteiger charge is -2.37. The highest BCUT2D eigenvalue weighted by atomic mass is 16.4. The third-order valence-electron chi connectivity index (χ3n) is 5.78. The summed E-state index contributed by atoms with van der Waals surface area (Å²) in [4.78, 5) is 52.5. The molecule has 30 heavy (non-hydrogen) atoms. The summed E-state index contributed by atoms with van der Waals surface area (Å²) in [6.07, 6.45) is 0.375. The number of benzene rings is 1. The first-order chi connectivity index (χ1) is 14.0. The van der Waals surface area contributed by atoms with E-state index in [9.17, 15) is 19.2 Å². The van der Waals surface area contributed by atoms with Crippen molar-refractivity contribution in [2.24, 2.45) is 5.41 Å². The van der Waals surface area contributed by atoms with Crippen molar-refractivity contribution in [2.45, 2.75) is 65.0 Å². The average Bonchev–Trinajstić information content (AvgIpc) is 3.04. The van der Waals surface area contributed by atoms with Crippen molar-refractivity contribution in [1.82, 2.24) is 10.2 Å². The summed E-state index contributed by atoms with van der Waals surface area (Å²) >= 11 is 0. The number of fused-ring (bicyclic) bond motifs is 1. The van der Waals surface area contributed by atoms with Gasteiger partial charge in [-0.25, -0.2) is 9.69 Å². The molecule has 2 heterocycles. The summed E-state index contributed by atoms with van der Waals surface area (Å²) in [7, 11) is 0. The minimum Gasteiger partial charge on any atom is -0.481 e. The Kier molecular flexibility index (Phi) is 5.87. The monoisotopic (exact) mass is 415 g/mol. The Bertz CT molecular complexity index is 862. The Morgan fingerprint density at radius 3 is 2.37 bits per heavy atom. The molecule has 0 saturated carbocycles. The van der Waals surface area contributed by atoms with E-state index in [-0.39, 0.29) is 18.7 Å². The largest absolute Gasteiger partial charge is 0.481 e. The van der Waals surface area contributed by atoms with Gasteiger partial charge in [0.05, 0.1) is 18.2 Å². The summed E-state index contributed by atoms with van der Waals surface area (Å²) in [6.45, 7) is 7.92. The van der Waals surface area contributed by atoms with Gasteiger partial charge >= 0.3 is 12.0 Å². The number of carboxylic acid groups (broad SMARTS) is 1. The van der Waals surface area contributed by atoms with Gasteiger partial charge in [0.2, 0.25) is 5.91 Å². The molecule has 8 heteroatoms. The van der Waals surface area contributed by atoms with Crippen molar-refractivity contribution in [3.63, 3.8) is 0 Å². The number of nitrogens with zero attached hydrogens (tertiary/aromatic N) is 2. The first-order valence-electron chi connectivity index (χ1n) is 10.3. The van der Waals surface area contributed by atoms with E-state index in [1.807, 2.05) is 12.1 Å². The van der Waals surface area contributed by atoms with E-state index >= 15 is 0 Å². The van der Waals surface area contributed by atoms with Crippen LogP contribution in [0, 0.1) is 5.41 Å². The number of nitrogens with one attached hydrogen (secondary N) is 1. The topological polar surface area (TPSA) is 107 Å². The Labute approximate surface area is 176 Å². The predicted octanol–water partition coefficient (Wildman–Crippen LogP) is 2.73. The van der Waals surface area contributed by atoms with E-state index in [1.165, 1.54) is 4.90 Å². The Balaban J connectivity index is 1.81. The van der Waals surface area contributed by atoms with Gasteiger partial charge in [-0.3, -0.25) is 14.4 Å². The van der Waals surface area contributed by atoms with Crippen molar-refractivity contribution in [3.8, 4) is 0 Å². The molecule has 2 N–H and O–H groups in total. The maximum Gasteiger partial charge on any atom is 0.329 e. The number of hydrogen-bond donors (Lipinski definition) is 2. The van der Waals surface area contributed by atoms with Gasteiger partial charge in [0.1, 0.15) is 6.04 Å². The molecule has 1 aromatic rings. The molecule has 1 aromatic carbocycles. The highest BCUT2D eigenvalue weighted by Crippen LogP contribution is 2.32. The summed E-state index contributed by atoms with van der Waals surface area (Å²) in [5, 5.41) is 11.9. The molecule has 2 fully saturated rings. The first-order valence-corrected chi connectivity index (χ1v) is 10.3. The van der Waals surface area contributed by atoms with E-state index in [1.54, 1.807) is 26.0 Å². The smallest absolute Gasteiger partial charge is 0.329 e. The third kappa shape index (κ3) is 4.32. The zero-order valence-corrected chi connectivity index (χ0v) is 17.8. The number of rotatable bonds is 6. The fourth-order valence-corrected chi connectivity index (χ4v) is 4.22. The van der Waals surface area contributed by atoms with Gasteiger partial charge < -0.3 is 15.3 Å². The first kappa shape index (κ1) is 21.8. The van der Waals surface area contributed by atoms with Gasteiger partial charge in [0.25, 0.3) is 5.91 Å². The van der Waals surface area contributed by atoms with Crippen LogP contribution in [0.3, 0.4) is 0 Å². The number of likely N-dealkylation sites (tertiary alicyclic amines) is 1. The number of anilines is 1. The van der Waals surface area contributed by atoms with E-state index in [0.717, 1.165) is 10.5 Å². The maximum atomic E-state index is 13.3. The van der Waals surface area contributed by atoms with Crippen LogP contribution in [-0.4, -0.2) is 52.4 Å². The molecule has 0 aliphatic carbocycles. The van der Waals surface area contributed by atoms with Crippen molar-refractivity contribution in [2.75, 3.05) is 11.4 Å². The molecule has 2 aliphatic rings. The van der Waals surface area contributed by atoms with Crippen LogP contribution in [0.1, 0.15) is 58.4 Å². The number of carbonyl (C=O) groups is 4. The molecular formula is C22H29N3O5. The van der Waals surface area contributed by atoms with E-state index < -0.39 is 35.4 Å². The molecule has 2 saturated heterocycles. The Hall–Kier alpha value is -2.90. The van der Waals surface area contributed by atoms with Crippen LogP contribution in [0.15, 0.2) is 24.3 Å². The number of aliphatic carboxylic acids is 1. The molecule has 4 amide bonds. The summed E-state index contributed by atoms with van der Waals surface area (Å²) in [6, 6.07) is 5.56. The molecule has 0 spiro atoms. The molecule has 2 atom stereocenters. The van der Waals surface area contributed by atoms with Gasteiger partial charge in [0, 0.05) is 13.0 Å². The van der Waals surface area contributed by atoms with Gasteiger partial charge in [-0.2, -0.15) is 0 Å². The van der Waals surface area contributed by atoms with E-state index in [4.69, 9.17) is 5.11 Å². The van der Waals surface area contributed by atoms with Crippen molar-refractivity contribution < 1.29 is 24.3 Å². The van der Waals surface area contributed by atoms with Gasteiger partial charge in [0.15, 0.2) is 0 Å². The quantitative estimate of drug-likeness (QED) is 0.743. The molecular weight excluding hydrogens is 386 g/mol. The summed E-state index contributed by atoms with van der Waals surface area (Å²) in [5.41, 5.74) is 0.833. The normalized spacial score (nSPS) is 21.6. The van der Waals surface area contributed by atoms with Crippen LogP contribution in [0.4, 0.5) is 10.5 Å². The highest BCUT2D eigenvalue weighted by Gasteiger charge is 2.50. The lowest BCUT2D eigenvalue weighted by atomic mass is 9.85. The summed E-state index contributed by atoms with van der Waals surface area (Å²) < 4.78 is 0. The van der Waals surface area contributed by atoms with E-state index in [2.05, 4.69) is 19.2 Å². The number of amides is 4. The molecule has 0 aromatic heterocycles. The fraction of sp³-hybridized carbons (Fsp3) is 0.545. The van der Waals surface area contributed by atoms with Crippen LogP contribution in [0.25, 0.3) is 0 Å². The van der Waals surface area contributed by atoms with Crippen LogP contribution in [-0.2, 0) is 14.4 Å². The average molecular weight is 415 g/mol. The lowest BCUT2D eigenvalue weighted by Crippen LogP contribution is -2.65. The molecule has 8 nitrogen and oxygen atoms in total. The van der Waals surface area contributed by atoms with E-state index in [0.29, 0.717) is 24.6 Å². The zero-order chi connectivity index (χ0) is 22.2. The molecule has 0 bridgehead atoms. The number of urea groups is 1. The molecule has 2 aliphatic heterocycles. The lowest BCUT2D eigenvalue weighted by molar-refractivity contribution is -0.143. The van der Waals surface area contributed by atoms with Crippen LogP contribution >= 0.6 is 0 Å². The number of hydrogen-bond acceptors (Lipinski definition) is 4. The fourth-order valence-electron chi connectivity index (χ4n) is 4.22.